The molecule has 102 valence electrons. The van der Waals surface area contributed by atoms with E-state index < -0.39 is 6.36 Å². The molecule has 4 heteroatoms. The molecule has 0 bridgehead atoms. The van der Waals surface area contributed by atoms with E-state index in [9.17, 15) is 13.2 Å². The number of benzene rings is 2. The molecule has 2 rings (SSSR count). The molecule has 0 N–H and O–H groups in total. The summed E-state index contributed by atoms with van der Waals surface area (Å²) in [7, 11) is 0. The largest absolute Gasteiger partial charge is 0.573 e. The van der Waals surface area contributed by atoms with Gasteiger partial charge in [-0.05, 0) is 30.2 Å². The Morgan fingerprint density at radius 1 is 1.00 bits per heavy atom. The Morgan fingerprint density at radius 3 is 2.15 bits per heavy atom. The number of ether oxygens (including phenoxy) is 1. The summed E-state index contributed by atoms with van der Waals surface area (Å²) in [6, 6.07) is 11.8. The lowest BCUT2D eigenvalue weighted by Gasteiger charge is -2.12. The van der Waals surface area contributed by atoms with E-state index in [4.69, 9.17) is 6.42 Å². The SMILES string of the molecule is C#Cc1ccc(-c2ccc(C)cc2)cc1OC(F)(F)F. The van der Waals surface area contributed by atoms with Gasteiger partial charge in [-0.1, -0.05) is 41.8 Å². The molecular weight excluding hydrogens is 265 g/mol. The first-order chi connectivity index (χ1) is 9.39. The van der Waals surface area contributed by atoms with E-state index >= 15 is 0 Å². The minimum Gasteiger partial charge on any atom is -0.404 e. The van der Waals surface area contributed by atoms with Crippen LogP contribution in [0.25, 0.3) is 11.1 Å². The molecule has 0 unspecified atom stereocenters. The summed E-state index contributed by atoms with van der Waals surface area (Å²) >= 11 is 0. The number of rotatable bonds is 2. The lowest BCUT2D eigenvalue weighted by atomic mass is 10.0. The zero-order valence-electron chi connectivity index (χ0n) is 10.7. The van der Waals surface area contributed by atoms with Gasteiger partial charge in [-0.2, -0.15) is 0 Å². The van der Waals surface area contributed by atoms with Gasteiger partial charge < -0.3 is 4.74 Å². The quantitative estimate of drug-likeness (QED) is 0.732. The van der Waals surface area contributed by atoms with Gasteiger partial charge in [0.1, 0.15) is 5.75 Å². The Balaban J connectivity index is 2.44. The third-order valence-corrected chi connectivity index (χ3v) is 2.75. The van der Waals surface area contributed by atoms with Crippen LogP contribution in [0.3, 0.4) is 0 Å². The average Bonchev–Trinajstić information content (AvgIpc) is 2.37. The van der Waals surface area contributed by atoms with Crippen LogP contribution in [-0.4, -0.2) is 6.36 Å². The van der Waals surface area contributed by atoms with E-state index in [0.29, 0.717) is 5.56 Å². The minimum absolute atomic E-state index is 0.0678. The molecular formula is C16H11F3O. The van der Waals surface area contributed by atoms with E-state index in [0.717, 1.165) is 11.1 Å². The predicted molar refractivity (Wildman–Crippen MR) is 71.2 cm³/mol. The fraction of sp³-hybridized carbons (Fsp3) is 0.125. The first-order valence-corrected chi connectivity index (χ1v) is 5.82. The van der Waals surface area contributed by atoms with Gasteiger partial charge in [-0.3, -0.25) is 0 Å². The van der Waals surface area contributed by atoms with Crippen molar-refractivity contribution < 1.29 is 17.9 Å². The lowest BCUT2D eigenvalue weighted by Crippen LogP contribution is -2.17. The summed E-state index contributed by atoms with van der Waals surface area (Å²) < 4.78 is 41.0. The second kappa shape index (κ2) is 5.30. The number of hydrogen-bond donors (Lipinski definition) is 0. The van der Waals surface area contributed by atoms with Crippen molar-refractivity contribution in [1.29, 1.82) is 0 Å². The monoisotopic (exact) mass is 276 g/mol. The number of halogens is 3. The van der Waals surface area contributed by atoms with Crippen LogP contribution in [0.1, 0.15) is 11.1 Å². The molecule has 0 aliphatic rings. The highest BCUT2D eigenvalue weighted by Gasteiger charge is 2.32. The molecule has 0 heterocycles. The Bertz CT molecular complexity index is 649. The summed E-state index contributed by atoms with van der Waals surface area (Å²) in [5.74, 6) is 1.82. The van der Waals surface area contributed by atoms with Crippen molar-refractivity contribution in [2.45, 2.75) is 13.3 Å². The third kappa shape index (κ3) is 3.33. The number of terminal acetylenes is 1. The lowest BCUT2D eigenvalue weighted by molar-refractivity contribution is -0.274. The van der Waals surface area contributed by atoms with Gasteiger partial charge in [0.25, 0.3) is 0 Å². The fourth-order valence-electron chi connectivity index (χ4n) is 1.78. The van der Waals surface area contributed by atoms with Crippen LogP contribution in [0.15, 0.2) is 42.5 Å². The summed E-state index contributed by atoms with van der Waals surface area (Å²) in [6.07, 6.45) is 0.414. The number of alkyl halides is 3. The summed E-state index contributed by atoms with van der Waals surface area (Å²) in [5, 5.41) is 0. The number of aryl methyl sites for hydroxylation is 1. The first kappa shape index (κ1) is 14.0. The molecule has 0 radical (unpaired) electrons. The highest BCUT2D eigenvalue weighted by molar-refractivity contribution is 5.67. The van der Waals surface area contributed by atoms with Gasteiger partial charge >= 0.3 is 6.36 Å². The van der Waals surface area contributed by atoms with Crippen LogP contribution in [0.2, 0.25) is 0 Å². The molecule has 0 aliphatic carbocycles. The highest BCUT2D eigenvalue weighted by atomic mass is 19.4. The van der Waals surface area contributed by atoms with Crippen molar-refractivity contribution in [2.75, 3.05) is 0 Å². The second-order valence-electron chi connectivity index (χ2n) is 4.27. The topological polar surface area (TPSA) is 9.23 Å². The van der Waals surface area contributed by atoms with Gasteiger partial charge in [-0.25, -0.2) is 0 Å². The molecule has 0 aromatic heterocycles. The fourth-order valence-corrected chi connectivity index (χ4v) is 1.78. The zero-order chi connectivity index (χ0) is 14.8. The maximum absolute atomic E-state index is 12.4. The number of hydrogen-bond acceptors (Lipinski definition) is 1. The first-order valence-electron chi connectivity index (χ1n) is 5.82. The van der Waals surface area contributed by atoms with E-state index in [-0.39, 0.29) is 11.3 Å². The molecule has 1 nitrogen and oxygen atoms in total. The average molecular weight is 276 g/mol. The summed E-state index contributed by atoms with van der Waals surface area (Å²) in [4.78, 5) is 0. The van der Waals surface area contributed by atoms with Gasteiger partial charge in [-0.15, -0.1) is 19.6 Å². The van der Waals surface area contributed by atoms with Crippen molar-refractivity contribution in [3.8, 4) is 29.2 Å². The van der Waals surface area contributed by atoms with Crippen LogP contribution in [0, 0.1) is 19.3 Å². The van der Waals surface area contributed by atoms with Crippen LogP contribution >= 0.6 is 0 Å². The van der Waals surface area contributed by atoms with Crippen LogP contribution in [-0.2, 0) is 0 Å². The Kier molecular flexibility index (Phi) is 3.71. The third-order valence-electron chi connectivity index (χ3n) is 2.75. The maximum atomic E-state index is 12.4. The van der Waals surface area contributed by atoms with Crippen LogP contribution < -0.4 is 4.74 Å². The smallest absolute Gasteiger partial charge is 0.404 e. The Labute approximate surface area is 115 Å². The summed E-state index contributed by atoms with van der Waals surface area (Å²) in [5.41, 5.74) is 2.55. The minimum atomic E-state index is -4.77. The maximum Gasteiger partial charge on any atom is 0.573 e. The predicted octanol–water partition coefficient (Wildman–Crippen LogP) is 4.54. The van der Waals surface area contributed by atoms with E-state index in [1.165, 1.54) is 12.1 Å². The molecule has 0 amide bonds. The second-order valence-corrected chi connectivity index (χ2v) is 4.27. The molecule has 0 saturated carbocycles. The molecule has 0 saturated heterocycles. The molecule has 20 heavy (non-hydrogen) atoms. The molecule has 0 spiro atoms. The van der Waals surface area contributed by atoms with E-state index in [2.05, 4.69) is 10.7 Å². The normalized spacial score (nSPS) is 10.9. The summed E-state index contributed by atoms with van der Waals surface area (Å²) in [6.45, 7) is 1.93. The zero-order valence-corrected chi connectivity index (χ0v) is 10.7. The van der Waals surface area contributed by atoms with Crippen molar-refractivity contribution in [3.63, 3.8) is 0 Å². The standard InChI is InChI=1S/C16H11F3O/c1-3-12-8-9-14(10-15(12)20-16(17,18)19)13-6-4-11(2)5-7-13/h1,4-10H,2H3. The van der Waals surface area contributed by atoms with Crippen LogP contribution in [0.5, 0.6) is 5.75 Å². The van der Waals surface area contributed by atoms with Crippen molar-refractivity contribution >= 4 is 0 Å². The van der Waals surface area contributed by atoms with E-state index in [1.54, 1.807) is 6.07 Å². The molecule has 0 atom stereocenters. The molecule has 2 aromatic carbocycles. The Morgan fingerprint density at radius 2 is 1.60 bits per heavy atom. The van der Waals surface area contributed by atoms with Gasteiger partial charge in [0.15, 0.2) is 0 Å². The van der Waals surface area contributed by atoms with Crippen molar-refractivity contribution in [2.24, 2.45) is 0 Å². The molecule has 0 aliphatic heterocycles. The van der Waals surface area contributed by atoms with Crippen molar-refractivity contribution in [3.05, 3.63) is 53.6 Å². The molecule has 0 fully saturated rings. The Hall–Kier alpha value is -2.41. The van der Waals surface area contributed by atoms with Gasteiger partial charge in [0.05, 0.1) is 5.56 Å². The van der Waals surface area contributed by atoms with Crippen LogP contribution in [0.4, 0.5) is 13.2 Å². The van der Waals surface area contributed by atoms with Crippen molar-refractivity contribution in [1.82, 2.24) is 0 Å². The molecule has 2 aromatic rings. The van der Waals surface area contributed by atoms with Gasteiger partial charge in [0, 0.05) is 0 Å². The highest BCUT2D eigenvalue weighted by Crippen LogP contribution is 2.31. The van der Waals surface area contributed by atoms with E-state index in [1.807, 2.05) is 31.2 Å². The van der Waals surface area contributed by atoms with Gasteiger partial charge in [0.2, 0.25) is 0 Å².